The molecule has 0 unspecified atom stereocenters. The van der Waals surface area contributed by atoms with Crippen molar-refractivity contribution in [3.63, 3.8) is 0 Å². The number of aryl methyl sites for hydroxylation is 1. The molecule has 1 aromatic carbocycles. The minimum atomic E-state index is 0. The fourth-order valence-electron chi connectivity index (χ4n) is 0.880. The molecule has 0 aromatic heterocycles. The Morgan fingerprint density at radius 2 is 2.00 bits per heavy atom. The van der Waals surface area contributed by atoms with Crippen LogP contribution in [-0.2, 0) is 0 Å². The predicted molar refractivity (Wildman–Crippen MR) is 59.1 cm³/mol. The first kappa shape index (κ1) is 10.8. The molecular weight excluding hydrogens is 146 g/mol. The van der Waals surface area contributed by atoms with Crippen LogP contribution in [0.25, 0.3) is 6.08 Å². The van der Waals surface area contributed by atoms with E-state index in [1.54, 1.807) is 6.08 Å². The molecule has 0 saturated carbocycles. The summed E-state index contributed by atoms with van der Waals surface area (Å²) in [6.45, 7) is 9.66. The van der Waals surface area contributed by atoms with Crippen molar-refractivity contribution in [3.8, 4) is 0 Å². The van der Waals surface area contributed by atoms with Gasteiger partial charge in [-0.1, -0.05) is 38.6 Å². The maximum Gasteiger partial charge on any atom is 0.0390 e. The van der Waals surface area contributed by atoms with Gasteiger partial charge in [-0.05, 0) is 24.1 Å². The van der Waals surface area contributed by atoms with E-state index in [1.165, 1.54) is 5.56 Å². The van der Waals surface area contributed by atoms with Gasteiger partial charge in [-0.25, -0.2) is 0 Å². The van der Waals surface area contributed by atoms with Gasteiger partial charge in [-0.2, -0.15) is 0 Å². The monoisotopic (exact) mass is 165 g/mol. The lowest BCUT2D eigenvalue weighted by molar-refractivity contribution is 1.46. The summed E-state index contributed by atoms with van der Waals surface area (Å²) in [7, 11) is 0. The summed E-state index contributed by atoms with van der Waals surface area (Å²) in [6.07, 6.45) is 1.76. The Kier molecular flexibility index (Phi) is 4.86. The van der Waals surface area contributed by atoms with Gasteiger partial charge in [-0.15, -0.1) is 0 Å². The van der Waals surface area contributed by atoms with Crippen LogP contribution in [0.15, 0.2) is 24.8 Å². The normalized spacial score (nSPS) is 8.25. The summed E-state index contributed by atoms with van der Waals surface area (Å²) in [6, 6.07) is 5.93. The number of benzene rings is 1. The van der Waals surface area contributed by atoms with Crippen molar-refractivity contribution in [1.29, 1.82) is 0 Å². The Balaban J connectivity index is 0. The van der Waals surface area contributed by atoms with Gasteiger partial charge < -0.3 is 5.73 Å². The molecule has 0 fully saturated rings. The average Bonchev–Trinajstić information content (AvgIpc) is 2.08. The summed E-state index contributed by atoms with van der Waals surface area (Å²) in [5.41, 5.74) is 8.65. The third-order valence-electron chi connectivity index (χ3n) is 1.46. The second kappa shape index (κ2) is 5.42. The predicted octanol–water partition coefficient (Wildman–Crippen LogP) is 3.49. The number of rotatable bonds is 1. The molecule has 0 spiro atoms. The Bertz CT molecular complexity index is 256. The molecule has 0 bridgehead atoms. The first-order valence-electron chi connectivity index (χ1n) is 4.22. The van der Waals surface area contributed by atoms with Gasteiger partial charge in [0.2, 0.25) is 0 Å². The van der Waals surface area contributed by atoms with Gasteiger partial charge >= 0.3 is 0 Å². The highest BCUT2D eigenvalue weighted by atomic mass is 14.5. The maximum absolute atomic E-state index is 5.66. The average molecular weight is 165 g/mol. The van der Waals surface area contributed by atoms with Crippen LogP contribution in [0, 0.1) is 6.92 Å². The van der Waals surface area contributed by atoms with E-state index in [1.807, 2.05) is 39.0 Å². The lowest BCUT2D eigenvalue weighted by Crippen LogP contribution is -1.88. The fraction of sp³-hybridized carbons (Fsp3) is 0.273. The van der Waals surface area contributed by atoms with Crippen molar-refractivity contribution in [1.82, 2.24) is 0 Å². The van der Waals surface area contributed by atoms with Crippen molar-refractivity contribution >= 4 is 11.8 Å². The zero-order chi connectivity index (χ0) is 9.56. The van der Waals surface area contributed by atoms with E-state index in [-0.39, 0.29) is 1.43 Å². The highest BCUT2D eigenvalue weighted by molar-refractivity contribution is 5.63. The quantitative estimate of drug-likeness (QED) is 0.633. The zero-order valence-electron chi connectivity index (χ0n) is 8.09. The Morgan fingerprint density at radius 1 is 1.42 bits per heavy atom. The summed E-state index contributed by atoms with van der Waals surface area (Å²) in [5.74, 6) is 0. The lowest BCUT2D eigenvalue weighted by atomic mass is 10.1. The topological polar surface area (TPSA) is 26.0 Å². The summed E-state index contributed by atoms with van der Waals surface area (Å²) in [4.78, 5) is 0. The molecule has 0 aliphatic rings. The van der Waals surface area contributed by atoms with Crippen molar-refractivity contribution in [2.24, 2.45) is 0 Å². The second-order valence-corrected chi connectivity index (χ2v) is 2.34. The molecule has 0 heterocycles. The molecule has 0 radical (unpaired) electrons. The van der Waals surface area contributed by atoms with Gasteiger partial charge in [0.05, 0.1) is 0 Å². The molecule has 1 nitrogen and oxygen atoms in total. The SMILES string of the molecule is C=Cc1ccc(C)cc1N.CC.[HH]. The third kappa shape index (κ3) is 2.79. The van der Waals surface area contributed by atoms with E-state index >= 15 is 0 Å². The molecule has 0 atom stereocenters. The summed E-state index contributed by atoms with van der Waals surface area (Å²) < 4.78 is 0. The van der Waals surface area contributed by atoms with E-state index in [9.17, 15) is 0 Å². The van der Waals surface area contributed by atoms with Crippen molar-refractivity contribution < 1.29 is 1.43 Å². The smallest absolute Gasteiger partial charge is 0.0390 e. The molecule has 68 valence electrons. The molecule has 0 aliphatic carbocycles. The summed E-state index contributed by atoms with van der Waals surface area (Å²) >= 11 is 0. The van der Waals surface area contributed by atoms with E-state index in [0.29, 0.717) is 0 Å². The minimum Gasteiger partial charge on any atom is -0.398 e. The molecule has 1 aromatic rings. The Morgan fingerprint density at radius 3 is 2.42 bits per heavy atom. The summed E-state index contributed by atoms with van der Waals surface area (Å²) in [5, 5.41) is 0. The Hall–Kier alpha value is -1.24. The van der Waals surface area contributed by atoms with E-state index in [2.05, 4.69) is 6.58 Å². The molecule has 0 amide bonds. The highest BCUT2D eigenvalue weighted by Gasteiger charge is 1.91. The van der Waals surface area contributed by atoms with Crippen LogP contribution in [0.1, 0.15) is 26.4 Å². The van der Waals surface area contributed by atoms with Crippen molar-refractivity contribution in [2.75, 3.05) is 5.73 Å². The molecule has 1 heteroatoms. The van der Waals surface area contributed by atoms with Gasteiger partial charge in [0.1, 0.15) is 0 Å². The maximum atomic E-state index is 5.66. The van der Waals surface area contributed by atoms with Crippen LogP contribution in [0.3, 0.4) is 0 Å². The van der Waals surface area contributed by atoms with E-state index in [0.717, 1.165) is 11.3 Å². The van der Waals surface area contributed by atoms with Crippen molar-refractivity contribution in [2.45, 2.75) is 20.8 Å². The fourth-order valence-corrected chi connectivity index (χ4v) is 0.880. The lowest BCUT2D eigenvalue weighted by Gasteiger charge is -1.99. The van der Waals surface area contributed by atoms with Crippen molar-refractivity contribution in [3.05, 3.63) is 35.9 Å². The van der Waals surface area contributed by atoms with Gasteiger partial charge in [0, 0.05) is 7.11 Å². The molecule has 0 saturated heterocycles. The van der Waals surface area contributed by atoms with Crippen LogP contribution in [-0.4, -0.2) is 0 Å². The van der Waals surface area contributed by atoms with E-state index in [4.69, 9.17) is 5.73 Å². The minimum absolute atomic E-state index is 0. The highest BCUT2D eigenvalue weighted by Crippen LogP contribution is 2.13. The number of hydrogen-bond donors (Lipinski definition) is 1. The van der Waals surface area contributed by atoms with E-state index < -0.39 is 0 Å². The van der Waals surface area contributed by atoms with Gasteiger partial charge in [0.15, 0.2) is 0 Å². The largest absolute Gasteiger partial charge is 0.398 e. The first-order valence-corrected chi connectivity index (χ1v) is 4.22. The molecule has 1 rings (SSSR count). The number of anilines is 1. The molecule has 0 aliphatic heterocycles. The van der Waals surface area contributed by atoms with Crippen LogP contribution in [0.2, 0.25) is 0 Å². The standard InChI is InChI=1S/C9H11N.C2H6.H2/c1-3-8-5-4-7(2)6-9(8)10;1-2;/h3-6H,1,10H2,2H3;1-2H3;1H. The number of hydrogen-bond acceptors (Lipinski definition) is 1. The van der Waals surface area contributed by atoms with Crippen LogP contribution >= 0.6 is 0 Å². The second-order valence-electron chi connectivity index (χ2n) is 2.34. The van der Waals surface area contributed by atoms with Gasteiger partial charge in [0.25, 0.3) is 0 Å². The number of nitrogens with two attached hydrogens (primary N) is 1. The number of nitrogen functional groups attached to an aromatic ring is 1. The molecule has 2 N–H and O–H groups in total. The van der Waals surface area contributed by atoms with Crippen LogP contribution < -0.4 is 5.73 Å². The first-order chi connectivity index (χ1) is 5.74. The van der Waals surface area contributed by atoms with Gasteiger partial charge in [-0.3, -0.25) is 0 Å². The third-order valence-corrected chi connectivity index (χ3v) is 1.46. The zero-order valence-corrected chi connectivity index (χ0v) is 8.09. The Labute approximate surface area is 76.4 Å². The molecule has 12 heavy (non-hydrogen) atoms. The van der Waals surface area contributed by atoms with Crippen LogP contribution in [0.4, 0.5) is 5.69 Å². The molecular formula is C11H19N. The van der Waals surface area contributed by atoms with Crippen LogP contribution in [0.5, 0.6) is 0 Å².